The second-order valence-corrected chi connectivity index (χ2v) is 12.5. The van der Waals surface area contributed by atoms with Gasteiger partial charge in [-0.05, 0) is 54.5 Å². The van der Waals surface area contributed by atoms with Gasteiger partial charge in [-0.25, -0.2) is 12.8 Å². The first-order valence-electron chi connectivity index (χ1n) is 11.8. The topological polar surface area (TPSA) is 102 Å². The lowest BCUT2D eigenvalue weighted by Crippen LogP contribution is -2.55. The zero-order valence-electron chi connectivity index (χ0n) is 20.6. The average Bonchev–Trinajstić information content (AvgIpc) is 2.74. The summed E-state index contributed by atoms with van der Waals surface area (Å²) in [4.78, 5) is 0. The molecule has 4 atom stereocenters. The summed E-state index contributed by atoms with van der Waals surface area (Å²) in [6.45, 7) is 10.5. The number of aliphatic hydroxyl groups is 1. The largest absolute Gasteiger partial charge is 0.492 e. The average molecular weight is 493 g/mol. The number of nitrogen functional groups attached to an aromatic ring is 1. The quantitative estimate of drug-likeness (QED) is 0.509. The number of hydrogen-bond acceptors (Lipinski definition) is 6. The van der Waals surface area contributed by atoms with Gasteiger partial charge in [-0.2, -0.15) is 0 Å². The Labute approximate surface area is 202 Å². The standard InChI is InChI=1S/C26H37FN2O4S/c1-6-33-23-12-17(11-21(27)24(23)28)10-19-14-34(31,32)15-22(25(19)30)29-16(2)18-8-7-9-20(13-18)26(3,4)5/h7-9,11-13,16,19,22,25,29-30H,6,10,14-15,28H2,1-5H3/t16-,19+,22-,25+/m1/s1. The molecule has 0 spiro atoms. The molecule has 8 heteroatoms. The smallest absolute Gasteiger partial charge is 0.152 e. The summed E-state index contributed by atoms with van der Waals surface area (Å²) in [6.07, 6.45) is -0.711. The maximum Gasteiger partial charge on any atom is 0.152 e. The van der Waals surface area contributed by atoms with Gasteiger partial charge in [-0.1, -0.05) is 45.0 Å². The third-order valence-electron chi connectivity index (χ3n) is 6.46. The molecule has 2 aromatic rings. The van der Waals surface area contributed by atoms with Gasteiger partial charge >= 0.3 is 0 Å². The lowest BCUT2D eigenvalue weighted by Gasteiger charge is -2.37. The van der Waals surface area contributed by atoms with E-state index in [2.05, 4.69) is 38.2 Å². The normalized spacial score (nSPS) is 23.4. The maximum absolute atomic E-state index is 14.3. The highest BCUT2D eigenvalue weighted by atomic mass is 32.2. The van der Waals surface area contributed by atoms with Crippen molar-refractivity contribution in [2.24, 2.45) is 5.92 Å². The zero-order valence-corrected chi connectivity index (χ0v) is 21.5. The van der Waals surface area contributed by atoms with Gasteiger partial charge in [0.2, 0.25) is 0 Å². The third-order valence-corrected chi connectivity index (χ3v) is 8.27. The SMILES string of the molecule is CCOc1cc(C[C@H]2CS(=O)(=O)C[C@@H](N[C@H](C)c3cccc(C(C)(C)C)c3)[C@H]2O)cc(F)c1N. The van der Waals surface area contributed by atoms with E-state index in [4.69, 9.17) is 10.5 Å². The highest BCUT2D eigenvalue weighted by molar-refractivity contribution is 7.91. The molecule has 1 heterocycles. The lowest BCUT2D eigenvalue weighted by atomic mass is 9.85. The first-order chi connectivity index (χ1) is 15.8. The number of ether oxygens (including phenoxy) is 1. The molecule has 0 amide bonds. The third kappa shape index (κ3) is 6.29. The van der Waals surface area contributed by atoms with Crippen molar-refractivity contribution in [2.75, 3.05) is 23.8 Å². The summed E-state index contributed by atoms with van der Waals surface area (Å²) in [5.74, 6) is -1.27. The molecule has 0 aromatic heterocycles. The molecule has 0 radical (unpaired) electrons. The van der Waals surface area contributed by atoms with Gasteiger partial charge < -0.3 is 20.9 Å². The Morgan fingerprint density at radius 3 is 2.59 bits per heavy atom. The molecular formula is C26H37FN2O4S. The molecule has 3 rings (SSSR count). The van der Waals surface area contributed by atoms with Crippen LogP contribution in [0.25, 0.3) is 0 Å². The molecule has 34 heavy (non-hydrogen) atoms. The minimum atomic E-state index is -3.40. The molecule has 1 aliphatic rings. The predicted octanol–water partition coefficient (Wildman–Crippen LogP) is 3.77. The number of benzene rings is 2. The first-order valence-corrected chi connectivity index (χ1v) is 13.6. The Morgan fingerprint density at radius 1 is 1.24 bits per heavy atom. The van der Waals surface area contributed by atoms with Crippen molar-refractivity contribution in [1.82, 2.24) is 5.32 Å². The fraction of sp³-hybridized carbons (Fsp3) is 0.538. The van der Waals surface area contributed by atoms with E-state index in [1.165, 1.54) is 11.6 Å². The van der Waals surface area contributed by atoms with Crippen molar-refractivity contribution in [1.29, 1.82) is 0 Å². The minimum absolute atomic E-state index is 0.0107. The van der Waals surface area contributed by atoms with Crippen LogP contribution < -0.4 is 15.8 Å². The van der Waals surface area contributed by atoms with Crippen LogP contribution in [-0.2, 0) is 21.7 Å². The number of nitrogens with one attached hydrogen (secondary N) is 1. The molecule has 1 fully saturated rings. The highest BCUT2D eigenvalue weighted by Crippen LogP contribution is 2.31. The Kier molecular flexibility index (Phi) is 7.95. The summed E-state index contributed by atoms with van der Waals surface area (Å²) in [6, 6.07) is 10.3. The summed E-state index contributed by atoms with van der Waals surface area (Å²) in [5.41, 5.74) is 8.42. The number of halogens is 1. The molecule has 0 aliphatic carbocycles. The molecule has 6 nitrogen and oxygen atoms in total. The van der Waals surface area contributed by atoms with Crippen LogP contribution in [0.3, 0.4) is 0 Å². The van der Waals surface area contributed by atoms with Crippen LogP contribution in [-0.4, -0.2) is 43.8 Å². The molecule has 0 bridgehead atoms. The van der Waals surface area contributed by atoms with Crippen molar-refractivity contribution in [3.63, 3.8) is 0 Å². The van der Waals surface area contributed by atoms with Crippen molar-refractivity contribution in [2.45, 2.75) is 64.6 Å². The van der Waals surface area contributed by atoms with E-state index in [1.807, 2.05) is 19.1 Å². The maximum atomic E-state index is 14.3. The minimum Gasteiger partial charge on any atom is -0.492 e. The molecule has 1 saturated heterocycles. The molecule has 188 valence electrons. The van der Waals surface area contributed by atoms with Crippen molar-refractivity contribution < 1.29 is 22.7 Å². The van der Waals surface area contributed by atoms with Gasteiger partial charge in [0.05, 0.1) is 24.2 Å². The van der Waals surface area contributed by atoms with E-state index in [9.17, 15) is 17.9 Å². The number of anilines is 1. The molecule has 0 unspecified atom stereocenters. The zero-order chi connectivity index (χ0) is 25.3. The van der Waals surface area contributed by atoms with Crippen LogP contribution in [0.4, 0.5) is 10.1 Å². The van der Waals surface area contributed by atoms with Crippen LogP contribution in [0.2, 0.25) is 0 Å². The first kappa shape index (κ1) is 26.4. The molecule has 4 N–H and O–H groups in total. The molecule has 2 aromatic carbocycles. The number of hydrogen-bond donors (Lipinski definition) is 3. The monoisotopic (exact) mass is 492 g/mol. The molecule has 0 saturated carbocycles. The second kappa shape index (κ2) is 10.2. The number of nitrogens with two attached hydrogens (primary N) is 1. The van der Waals surface area contributed by atoms with Crippen LogP contribution in [0.1, 0.15) is 57.4 Å². The Balaban J connectivity index is 1.81. The fourth-order valence-electron chi connectivity index (χ4n) is 4.55. The Hall–Kier alpha value is -2.16. The number of rotatable bonds is 7. The van der Waals surface area contributed by atoms with Gasteiger partial charge in [0, 0.05) is 18.0 Å². The van der Waals surface area contributed by atoms with Crippen molar-refractivity contribution in [3.8, 4) is 5.75 Å². The predicted molar refractivity (Wildman–Crippen MR) is 134 cm³/mol. The van der Waals surface area contributed by atoms with E-state index >= 15 is 0 Å². The van der Waals surface area contributed by atoms with E-state index in [0.29, 0.717) is 12.2 Å². The second-order valence-electron chi connectivity index (χ2n) is 10.3. The summed E-state index contributed by atoms with van der Waals surface area (Å²) in [7, 11) is -3.40. The summed E-state index contributed by atoms with van der Waals surface area (Å²) < 4.78 is 45.2. The van der Waals surface area contributed by atoms with Crippen LogP contribution in [0.5, 0.6) is 5.75 Å². The number of sulfone groups is 1. The van der Waals surface area contributed by atoms with Gasteiger partial charge in [-0.3, -0.25) is 0 Å². The van der Waals surface area contributed by atoms with Crippen LogP contribution >= 0.6 is 0 Å². The highest BCUT2D eigenvalue weighted by Gasteiger charge is 2.40. The van der Waals surface area contributed by atoms with Crippen LogP contribution in [0, 0.1) is 11.7 Å². The summed E-state index contributed by atoms with van der Waals surface area (Å²) >= 11 is 0. The Bertz CT molecular complexity index is 1110. The van der Waals surface area contributed by atoms with Gasteiger partial charge in [-0.15, -0.1) is 0 Å². The fourth-order valence-corrected chi connectivity index (χ4v) is 6.50. The van der Waals surface area contributed by atoms with E-state index in [-0.39, 0.29) is 40.8 Å². The summed E-state index contributed by atoms with van der Waals surface area (Å²) in [5, 5.41) is 14.5. The molecular weight excluding hydrogens is 455 g/mol. The number of aliphatic hydroxyl groups excluding tert-OH is 1. The Morgan fingerprint density at radius 2 is 1.94 bits per heavy atom. The van der Waals surface area contributed by atoms with Gasteiger partial charge in [0.15, 0.2) is 9.84 Å². The van der Waals surface area contributed by atoms with E-state index in [1.54, 1.807) is 13.0 Å². The molecule has 1 aliphatic heterocycles. The van der Waals surface area contributed by atoms with Crippen LogP contribution in [0.15, 0.2) is 36.4 Å². The van der Waals surface area contributed by atoms with E-state index < -0.39 is 33.7 Å². The van der Waals surface area contributed by atoms with Crippen molar-refractivity contribution in [3.05, 3.63) is 58.9 Å². The lowest BCUT2D eigenvalue weighted by molar-refractivity contribution is 0.0747. The van der Waals surface area contributed by atoms with E-state index in [0.717, 1.165) is 5.56 Å². The van der Waals surface area contributed by atoms with Crippen molar-refractivity contribution >= 4 is 15.5 Å². The van der Waals surface area contributed by atoms with Gasteiger partial charge in [0.25, 0.3) is 0 Å². The van der Waals surface area contributed by atoms with Gasteiger partial charge in [0.1, 0.15) is 17.3 Å².